The van der Waals surface area contributed by atoms with Crippen LogP contribution in [0.3, 0.4) is 0 Å². The number of benzene rings is 1. The fraction of sp³-hybridized carbons (Fsp3) is 0.250. The molecule has 6 nitrogen and oxygen atoms in total. The molecule has 1 atom stereocenters. The van der Waals surface area contributed by atoms with Crippen LogP contribution in [0.5, 0.6) is 0 Å². The largest absolute Gasteiger partial charge is 0.480 e. The molecule has 0 spiro atoms. The number of hydrogen-bond acceptors (Lipinski definition) is 3. The number of primary amides is 1. The van der Waals surface area contributed by atoms with Gasteiger partial charge in [0, 0.05) is 0 Å². The highest BCUT2D eigenvalue weighted by molar-refractivity contribution is 5.88. The lowest BCUT2D eigenvalue weighted by Gasteiger charge is -2.12. The van der Waals surface area contributed by atoms with E-state index in [1.54, 1.807) is 0 Å². The van der Waals surface area contributed by atoms with E-state index in [0.717, 1.165) is 0 Å². The Morgan fingerprint density at radius 2 is 1.84 bits per heavy atom. The minimum Gasteiger partial charge on any atom is -0.480 e. The number of nitrogens with two attached hydrogens (primary N) is 1. The van der Waals surface area contributed by atoms with Crippen LogP contribution in [0.1, 0.15) is 12.0 Å². The number of amides is 2. The van der Waals surface area contributed by atoms with Crippen molar-refractivity contribution in [3.8, 4) is 0 Å². The van der Waals surface area contributed by atoms with Crippen LogP contribution in [0.25, 0.3) is 0 Å². The summed E-state index contributed by atoms with van der Waals surface area (Å²) in [5.74, 6) is -3.18. The van der Waals surface area contributed by atoms with Gasteiger partial charge in [0.2, 0.25) is 11.8 Å². The van der Waals surface area contributed by atoms with E-state index in [0.29, 0.717) is 5.56 Å². The van der Waals surface area contributed by atoms with E-state index < -0.39 is 36.1 Å². The van der Waals surface area contributed by atoms with Crippen molar-refractivity contribution in [1.82, 2.24) is 5.32 Å². The number of carbonyl (C=O) groups excluding carboxylic acids is 2. The van der Waals surface area contributed by atoms with Crippen molar-refractivity contribution in [2.75, 3.05) is 0 Å². The fourth-order valence-electron chi connectivity index (χ4n) is 1.43. The Labute approximate surface area is 108 Å². The Kier molecular flexibility index (Phi) is 4.99. The van der Waals surface area contributed by atoms with Crippen LogP contribution in [0, 0.1) is 5.82 Å². The Balaban J connectivity index is 2.59. The predicted octanol–water partition coefficient (Wildman–Crippen LogP) is -0.187. The molecular formula is C12H13FN2O4. The Morgan fingerprint density at radius 3 is 2.32 bits per heavy atom. The lowest BCUT2D eigenvalue weighted by atomic mass is 10.1. The van der Waals surface area contributed by atoms with Gasteiger partial charge >= 0.3 is 5.97 Å². The molecule has 0 radical (unpaired) electrons. The maximum absolute atomic E-state index is 12.7. The number of nitrogens with one attached hydrogen (secondary N) is 1. The van der Waals surface area contributed by atoms with Crippen LogP contribution in [-0.2, 0) is 20.8 Å². The van der Waals surface area contributed by atoms with Gasteiger partial charge in [0.05, 0.1) is 12.8 Å². The Hall–Kier alpha value is -2.44. The van der Waals surface area contributed by atoms with Gasteiger partial charge in [-0.25, -0.2) is 9.18 Å². The lowest BCUT2D eigenvalue weighted by Crippen LogP contribution is -2.43. The van der Waals surface area contributed by atoms with Crippen molar-refractivity contribution in [1.29, 1.82) is 0 Å². The van der Waals surface area contributed by atoms with Crippen LogP contribution >= 0.6 is 0 Å². The summed E-state index contributed by atoms with van der Waals surface area (Å²) in [5, 5.41) is 11.0. The first-order chi connectivity index (χ1) is 8.88. The molecule has 1 rings (SSSR count). The topological polar surface area (TPSA) is 109 Å². The smallest absolute Gasteiger partial charge is 0.326 e. The Morgan fingerprint density at radius 1 is 1.26 bits per heavy atom. The maximum atomic E-state index is 12.7. The second-order valence-corrected chi connectivity index (χ2v) is 3.93. The van der Waals surface area contributed by atoms with Gasteiger partial charge in [-0.15, -0.1) is 0 Å². The van der Waals surface area contributed by atoms with Crippen LogP contribution in [-0.4, -0.2) is 28.9 Å². The molecule has 0 fully saturated rings. The van der Waals surface area contributed by atoms with Crippen molar-refractivity contribution < 1.29 is 23.9 Å². The molecule has 1 unspecified atom stereocenters. The first kappa shape index (κ1) is 14.6. The normalized spacial score (nSPS) is 11.6. The summed E-state index contributed by atoms with van der Waals surface area (Å²) in [6.45, 7) is 0. The quantitative estimate of drug-likeness (QED) is 0.664. The molecule has 4 N–H and O–H groups in total. The van der Waals surface area contributed by atoms with E-state index in [9.17, 15) is 18.8 Å². The SMILES string of the molecule is NC(=O)CC(NC(=O)Cc1ccc(F)cc1)C(=O)O. The van der Waals surface area contributed by atoms with Crippen LogP contribution in [0.2, 0.25) is 0 Å². The summed E-state index contributed by atoms with van der Waals surface area (Å²) < 4.78 is 12.7. The number of halogens is 1. The fourth-order valence-corrected chi connectivity index (χ4v) is 1.43. The van der Waals surface area contributed by atoms with Gasteiger partial charge in [0.25, 0.3) is 0 Å². The Bertz CT molecular complexity index is 487. The predicted molar refractivity (Wildman–Crippen MR) is 63.5 cm³/mol. The monoisotopic (exact) mass is 268 g/mol. The number of hydrogen-bond donors (Lipinski definition) is 3. The molecule has 2 amide bonds. The average molecular weight is 268 g/mol. The first-order valence-electron chi connectivity index (χ1n) is 5.43. The molecule has 0 saturated carbocycles. The number of carboxylic acid groups (broad SMARTS) is 1. The zero-order valence-corrected chi connectivity index (χ0v) is 9.93. The summed E-state index contributed by atoms with van der Waals surface area (Å²) in [6.07, 6.45) is -0.590. The van der Waals surface area contributed by atoms with Gasteiger partial charge in [-0.3, -0.25) is 9.59 Å². The second kappa shape index (κ2) is 6.48. The van der Waals surface area contributed by atoms with Gasteiger partial charge in [-0.1, -0.05) is 12.1 Å². The van der Waals surface area contributed by atoms with Crippen LogP contribution in [0.4, 0.5) is 4.39 Å². The molecule has 1 aromatic carbocycles. The number of carboxylic acids is 1. The van der Waals surface area contributed by atoms with Crippen LogP contribution < -0.4 is 11.1 Å². The minimum absolute atomic E-state index is 0.108. The highest BCUT2D eigenvalue weighted by Gasteiger charge is 2.21. The number of aliphatic carboxylic acids is 1. The van der Waals surface area contributed by atoms with E-state index in [4.69, 9.17) is 10.8 Å². The van der Waals surface area contributed by atoms with E-state index in [-0.39, 0.29) is 6.42 Å². The number of rotatable bonds is 6. The van der Waals surface area contributed by atoms with E-state index in [1.807, 2.05) is 0 Å². The summed E-state index contributed by atoms with van der Waals surface area (Å²) in [6, 6.07) is 3.87. The third-order valence-electron chi connectivity index (χ3n) is 2.32. The molecular weight excluding hydrogens is 255 g/mol. The zero-order chi connectivity index (χ0) is 14.4. The average Bonchev–Trinajstić information content (AvgIpc) is 2.30. The number of carbonyl (C=O) groups is 3. The molecule has 19 heavy (non-hydrogen) atoms. The molecule has 0 heterocycles. The minimum atomic E-state index is -1.36. The van der Waals surface area contributed by atoms with Gasteiger partial charge < -0.3 is 16.2 Å². The van der Waals surface area contributed by atoms with Crippen molar-refractivity contribution in [3.63, 3.8) is 0 Å². The highest BCUT2D eigenvalue weighted by Crippen LogP contribution is 2.04. The molecule has 0 aromatic heterocycles. The van der Waals surface area contributed by atoms with E-state index in [1.165, 1.54) is 24.3 Å². The molecule has 0 aliphatic rings. The van der Waals surface area contributed by atoms with E-state index in [2.05, 4.69) is 5.32 Å². The van der Waals surface area contributed by atoms with Crippen molar-refractivity contribution in [2.24, 2.45) is 5.73 Å². The molecule has 0 bridgehead atoms. The summed E-state index contributed by atoms with van der Waals surface area (Å²) in [7, 11) is 0. The van der Waals surface area contributed by atoms with Crippen molar-refractivity contribution in [2.45, 2.75) is 18.9 Å². The lowest BCUT2D eigenvalue weighted by molar-refractivity contribution is -0.143. The molecule has 0 aliphatic heterocycles. The summed E-state index contributed by atoms with van der Waals surface area (Å²) >= 11 is 0. The van der Waals surface area contributed by atoms with Crippen LogP contribution in [0.15, 0.2) is 24.3 Å². The maximum Gasteiger partial charge on any atom is 0.326 e. The first-order valence-corrected chi connectivity index (χ1v) is 5.43. The third-order valence-corrected chi connectivity index (χ3v) is 2.32. The molecule has 7 heteroatoms. The standard InChI is InChI=1S/C12H13FN2O4/c13-8-3-1-7(2-4-8)5-11(17)15-9(12(18)19)6-10(14)16/h1-4,9H,5-6H2,(H2,14,16)(H,15,17)(H,18,19). The molecule has 102 valence electrons. The highest BCUT2D eigenvalue weighted by atomic mass is 19.1. The van der Waals surface area contributed by atoms with Gasteiger partial charge in [0.15, 0.2) is 0 Å². The summed E-state index contributed by atoms with van der Waals surface area (Å²) in [4.78, 5) is 33.0. The van der Waals surface area contributed by atoms with Gasteiger partial charge in [-0.2, -0.15) is 0 Å². The second-order valence-electron chi connectivity index (χ2n) is 3.93. The van der Waals surface area contributed by atoms with Crippen molar-refractivity contribution >= 4 is 17.8 Å². The summed E-state index contributed by atoms with van der Waals surface area (Å²) in [5.41, 5.74) is 5.41. The molecule has 0 saturated heterocycles. The zero-order valence-electron chi connectivity index (χ0n) is 9.93. The van der Waals surface area contributed by atoms with Crippen molar-refractivity contribution in [3.05, 3.63) is 35.6 Å². The molecule has 1 aromatic rings. The third kappa shape index (κ3) is 5.15. The van der Waals surface area contributed by atoms with Gasteiger partial charge in [0.1, 0.15) is 11.9 Å². The molecule has 0 aliphatic carbocycles. The van der Waals surface area contributed by atoms with Gasteiger partial charge in [-0.05, 0) is 17.7 Å². The van der Waals surface area contributed by atoms with E-state index >= 15 is 0 Å².